The van der Waals surface area contributed by atoms with Crippen LogP contribution in [0.15, 0.2) is 48.5 Å². The van der Waals surface area contributed by atoms with E-state index in [9.17, 15) is 14.0 Å². The standard InChI is InChI=1S/C17H16FNO3S/c1-22-17(21)12-6-8-14(9-7-12)19-16(20)11-23-10-13-4-2-3-5-15(13)18/h2-9H,10-11H2,1H3,(H,19,20). The van der Waals surface area contributed by atoms with Crippen LogP contribution < -0.4 is 5.32 Å². The summed E-state index contributed by atoms with van der Waals surface area (Å²) in [6.07, 6.45) is 0. The molecule has 0 heterocycles. The van der Waals surface area contributed by atoms with Gasteiger partial charge in [0.1, 0.15) is 5.82 Å². The van der Waals surface area contributed by atoms with Gasteiger partial charge in [-0.1, -0.05) is 18.2 Å². The molecule has 0 spiro atoms. The number of ether oxygens (including phenoxy) is 1. The molecular formula is C17H16FNO3S. The summed E-state index contributed by atoms with van der Waals surface area (Å²) < 4.78 is 18.0. The van der Waals surface area contributed by atoms with Gasteiger partial charge in [0, 0.05) is 11.4 Å². The molecule has 2 aromatic carbocycles. The van der Waals surface area contributed by atoms with Crippen LogP contribution in [0.3, 0.4) is 0 Å². The highest BCUT2D eigenvalue weighted by Crippen LogP contribution is 2.16. The Morgan fingerprint density at radius 2 is 1.83 bits per heavy atom. The van der Waals surface area contributed by atoms with E-state index in [-0.39, 0.29) is 17.5 Å². The number of amides is 1. The van der Waals surface area contributed by atoms with Crippen molar-refractivity contribution >= 4 is 29.3 Å². The van der Waals surface area contributed by atoms with Crippen molar-refractivity contribution in [3.8, 4) is 0 Å². The quantitative estimate of drug-likeness (QED) is 0.822. The first-order chi connectivity index (χ1) is 11.1. The van der Waals surface area contributed by atoms with Crippen molar-refractivity contribution in [3.63, 3.8) is 0 Å². The number of benzene rings is 2. The summed E-state index contributed by atoms with van der Waals surface area (Å²) in [6.45, 7) is 0. The number of methoxy groups -OCH3 is 1. The van der Waals surface area contributed by atoms with E-state index < -0.39 is 5.97 Å². The number of hydrogen-bond donors (Lipinski definition) is 1. The predicted octanol–water partition coefficient (Wildman–Crippen LogP) is 3.48. The maximum absolute atomic E-state index is 13.4. The smallest absolute Gasteiger partial charge is 0.337 e. The van der Waals surface area contributed by atoms with Gasteiger partial charge < -0.3 is 10.1 Å². The first-order valence-electron chi connectivity index (χ1n) is 6.89. The highest BCUT2D eigenvalue weighted by Gasteiger charge is 2.07. The molecular weight excluding hydrogens is 317 g/mol. The number of carbonyl (C=O) groups excluding carboxylic acids is 2. The molecule has 4 nitrogen and oxygen atoms in total. The van der Waals surface area contributed by atoms with Crippen molar-refractivity contribution < 1.29 is 18.7 Å². The molecule has 1 N–H and O–H groups in total. The molecule has 0 bridgehead atoms. The Morgan fingerprint density at radius 1 is 1.13 bits per heavy atom. The Hall–Kier alpha value is -2.34. The van der Waals surface area contributed by atoms with Crippen LogP contribution in [-0.2, 0) is 15.3 Å². The van der Waals surface area contributed by atoms with Crippen LogP contribution in [0.5, 0.6) is 0 Å². The molecule has 2 aromatic rings. The Labute approximate surface area is 138 Å². The lowest BCUT2D eigenvalue weighted by Crippen LogP contribution is -2.14. The molecule has 0 radical (unpaired) electrons. The van der Waals surface area contributed by atoms with Gasteiger partial charge in [-0.15, -0.1) is 11.8 Å². The van der Waals surface area contributed by atoms with Gasteiger partial charge in [0.15, 0.2) is 0 Å². The lowest BCUT2D eigenvalue weighted by molar-refractivity contribution is -0.113. The van der Waals surface area contributed by atoms with Crippen LogP contribution in [0, 0.1) is 5.82 Å². The minimum Gasteiger partial charge on any atom is -0.465 e. The first kappa shape index (κ1) is 17.0. The van der Waals surface area contributed by atoms with E-state index in [0.29, 0.717) is 22.6 Å². The van der Waals surface area contributed by atoms with Gasteiger partial charge in [-0.2, -0.15) is 0 Å². The summed E-state index contributed by atoms with van der Waals surface area (Å²) in [5, 5.41) is 2.72. The average Bonchev–Trinajstić information content (AvgIpc) is 2.56. The summed E-state index contributed by atoms with van der Waals surface area (Å²) >= 11 is 1.33. The van der Waals surface area contributed by atoms with Crippen LogP contribution in [0.25, 0.3) is 0 Å². The molecule has 1 amide bonds. The van der Waals surface area contributed by atoms with E-state index in [2.05, 4.69) is 10.1 Å². The Kier molecular flexibility index (Phi) is 6.17. The number of esters is 1. The number of rotatable bonds is 6. The van der Waals surface area contributed by atoms with Crippen LogP contribution in [0.4, 0.5) is 10.1 Å². The molecule has 0 saturated carbocycles. The first-order valence-corrected chi connectivity index (χ1v) is 8.05. The lowest BCUT2D eigenvalue weighted by Gasteiger charge is -2.06. The fourth-order valence-electron chi connectivity index (χ4n) is 1.87. The van der Waals surface area contributed by atoms with Gasteiger partial charge in [0.25, 0.3) is 0 Å². The zero-order valence-corrected chi connectivity index (χ0v) is 13.4. The Balaban J connectivity index is 1.81. The van der Waals surface area contributed by atoms with E-state index in [1.165, 1.54) is 24.9 Å². The molecule has 2 rings (SSSR count). The molecule has 0 aromatic heterocycles. The topological polar surface area (TPSA) is 55.4 Å². The Bertz CT molecular complexity index is 688. The molecule has 23 heavy (non-hydrogen) atoms. The highest BCUT2D eigenvalue weighted by molar-refractivity contribution is 7.99. The SMILES string of the molecule is COC(=O)c1ccc(NC(=O)CSCc2ccccc2F)cc1. The largest absolute Gasteiger partial charge is 0.465 e. The normalized spacial score (nSPS) is 10.2. The van der Waals surface area contributed by atoms with E-state index in [1.807, 2.05) is 0 Å². The van der Waals surface area contributed by atoms with Crippen molar-refractivity contribution in [2.75, 3.05) is 18.2 Å². The molecule has 0 aliphatic heterocycles. The summed E-state index contributed by atoms with van der Waals surface area (Å²) in [6, 6.07) is 12.9. The summed E-state index contributed by atoms with van der Waals surface area (Å²) in [5.74, 6) is -0.228. The van der Waals surface area contributed by atoms with Crippen LogP contribution in [0.1, 0.15) is 15.9 Å². The van der Waals surface area contributed by atoms with Crippen LogP contribution in [0.2, 0.25) is 0 Å². The Morgan fingerprint density at radius 3 is 2.48 bits per heavy atom. The van der Waals surface area contributed by atoms with Gasteiger partial charge in [-0.05, 0) is 35.9 Å². The molecule has 0 aliphatic carbocycles. The fraction of sp³-hybridized carbons (Fsp3) is 0.176. The average molecular weight is 333 g/mol. The van der Waals surface area contributed by atoms with Gasteiger partial charge in [-0.25, -0.2) is 9.18 Å². The second kappa shape index (κ2) is 8.33. The fourth-order valence-corrected chi connectivity index (χ4v) is 2.69. The molecule has 0 unspecified atom stereocenters. The monoisotopic (exact) mass is 333 g/mol. The number of thioether (sulfide) groups is 1. The second-order valence-electron chi connectivity index (χ2n) is 4.70. The van der Waals surface area contributed by atoms with Crippen molar-refractivity contribution in [1.82, 2.24) is 0 Å². The highest BCUT2D eigenvalue weighted by atomic mass is 32.2. The number of halogens is 1. The minimum atomic E-state index is -0.427. The number of anilines is 1. The van der Waals surface area contributed by atoms with Crippen molar-refractivity contribution in [2.45, 2.75) is 5.75 Å². The van der Waals surface area contributed by atoms with Gasteiger partial charge in [-0.3, -0.25) is 4.79 Å². The zero-order valence-electron chi connectivity index (χ0n) is 12.5. The minimum absolute atomic E-state index is 0.183. The van der Waals surface area contributed by atoms with E-state index in [0.717, 1.165) is 0 Å². The van der Waals surface area contributed by atoms with E-state index >= 15 is 0 Å². The lowest BCUT2D eigenvalue weighted by atomic mass is 10.2. The summed E-state index contributed by atoms with van der Waals surface area (Å²) in [4.78, 5) is 23.2. The maximum atomic E-state index is 13.4. The van der Waals surface area contributed by atoms with E-state index in [1.54, 1.807) is 42.5 Å². The van der Waals surface area contributed by atoms with Gasteiger partial charge >= 0.3 is 5.97 Å². The third-order valence-corrected chi connectivity index (χ3v) is 4.02. The molecule has 0 fully saturated rings. The number of nitrogens with one attached hydrogen (secondary N) is 1. The third-order valence-electron chi connectivity index (χ3n) is 3.04. The third kappa shape index (κ3) is 5.10. The van der Waals surface area contributed by atoms with Crippen LogP contribution in [-0.4, -0.2) is 24.7 Å². The second-order valence-corrected chi connectivity index (χ2v) is 5.69. The predicted molar refractivity (Wildman–Crippen MR) is 89.0 cm³/mol. The molecule has 0 aliphatic rings. The molecule has 6 heteroatoms. The molecule has 0 atom stereocenters. The summed E-state index contributed by atoms with van der Waals surface area (Å²) in [7, 11) is 1.31. The summed E-state index contributed by atoms with van der Waals surface area (Å²) in [5.41, 5.74) is 1.58. The van der Waals surface area contributed by atoms with Crippen molar-refractivity contribution in [2.24, 2.45) is 0 Å². The number of carbonyl (C=O) groups is 2. The van der Waals surface area contributed by atoms with Crippen molar-refractivity contribution in [3.05, 3.63) is 65.5 Å². The van der Waals surface area contributed by atoms with Crippen LogP contribution >= 0.6 is 11.8 Å². The van der Waals surface area contributed by atoms with Crippen molar-refractivity contribution in [1.29, 1.82) is 0 Å². The maximum Gasteiger partial charge on any atom is 0.337 e. The number of hydrogen-bond acceptors (Lipinski definition) is 4. The molecule has 0 saturated heterocycles. The molecule has 120 valence electrons. The van der Waals surface area contributed by atoms with E-state index in [4.69, 9.17) is 0 Å². The zero-order chi connectivity index (χ0) is 16.7. The van der Waals surface area contributed by atoms with Gasteiger partial charge in [0.2, 0.25) is 5.91 Å². The van der Waals surface area contributed by atoms with Gasteiger partial charge in [0.05, 0.1) is 18.4 Å².